The lowest BCUT2D eigenvalue weighted by Gasteiger charge is -2.10. The molecule has 2 aromatic rings. The number of anilines is 1. The number of amides is 1. The minimum Gasteiger partial charge on any atom is -0.456 e. The quantitative estimate of drug-likeness (QED) is 0.547. The molecule has 1 aromatic heterocycles. The Balaban J connectivity index is 1.99. The van der Waals surface area contributed by atoms with Crippen LogP contribution in [-0.4, -0.2) is 17.7 Å². The van der Waals surface area contributed by atoms with E-state index < -0.39 is 6.09 Å². The van der Waals surface area contributed by atoms with Crippen LogP contribution in [0.25, 0.3) is 0 Å². The molecule has 5 nitrogen and oxygen atoms in total. The first-order chi connectivity index (χ1) is 11.1. The standard InChI is InChI=1S/C16H16Cl2N2O3/c1-2-3-8-22-16(21)20-11-4-5-14(13(17)9-11)23-12-6-7-19-15(18)10-12/h4-7,9-10H,2-3,8H2,1H3,(H,20,21). The first-order valence-corrected chi connectivity index (χ1v) is 7.87. The molecule has 0 atom stereocenters. The van der Waals surface area contributed by atoms with Crippen LogP contribution in [0.5, 0.6) is 11.5 Å². The molecule has 0 bridgehead atoms. The van der Waals surface area contributed by atoms with Crippen molar-refractivity contribution in [2.75, 3.05) is 11.9 Å². The van der Waals surface area contributed by atoms with Crippen LogP contribution in [0.3, 0.4) is 0 Å². The second kappa shape index (κ2) is 8.60. The lowest BCUT2D eigenvalue weighted by atomic mass is 10.3. The molecule has 1 N–H and O–H groups in total. The van der Waals surface area contributed by atoms with Crippen molar-refractivity contribution in [3.05, 3.63) is 46.7 Å². The third-order valence-electron chi connectivity index (χ3n) is 2.84. The number of nitrogens with one attached hydrogen (secondary N) is 1. The van der Waals surface area contributed by atoms with E-state index in [9.17, 15) is 4.79 Å². The third kappa shape index (κ3) is 5.62. The van der Waals surface area contributed by atoms with Gasteiger partial charge in [0.25, 0.3) is 0 Å². The highest BCUT2D eigenvalue weighted by Gasteiger charge is 2.08. The van der Waals surface area contributed by atoms with Crippen LogP contribution in [0.15, 0.2) is 36.5 Å². The fourth-order valence-corrected chi connectivity index (χ4v) is 2.08. The van der Waals surface area contributed by atoms with E-state index in [1.165, 1.54) is 6.20 Å². The Bertz CT molecular complexity index is 680. The van der Waals surface area contributed by atoms with Gasteiger partial charge in [0.15, 0.2) is 0 Å². The number of unbranched alkanes of at least 4 members (excludes halogenated alkanes) is 1. The maximum absolute atomic E-state index is 11.6. The first-order valence-electron chi connectivity index (χ1n) is 7.11. The van der Waals surface area contributed by atoms with E-state index >= 15 is 0 Å². The average Bonchev–Trinajstić information content (AvgIpc) is 2.50. The number of hydrogen-bond donors (Lipinski definition) is 1. The molecule has 0 aliphatic carbocycles. The topological polar surface area (TPSA) is 60.5 Å². The van der Waals surface area contributed by atoms with Crippen molar-refractivity contribution in [3.8, 4) is 11.5 Å². The number of halogens is 2. The summed E-state index contributed by atoms with van der Waals surface area (Å²) >= 11 is 12.0. The zero-order chi connectivity index (χ0) is 16.7. The zero-order valence-electron chi connectivity index (χ0n) is 12.5. The summed E-state index contributed by atoms with van der Waals surface area (Å²) in [7, 11) is 0. The van der Waals surface area contributed by atoms with E-state index in [0.29, 0.717) is 34.0 Å². The zero-order valence-corrected chi connectivity index (χ0v) is 14.0. The number of hydrogen-bond acceptors (Lipinski definition) is 4. The van der Waals surface area contributed by atoms with Crippen molar-refractivity contribution in [3.63, 3.8) is 0 Å². The summed E-state index contributed by atoms with van der Waals surface area (Å²) in [5.74, 6) is 0.963. The van der Waals surface area contributed by atoms with E-state index in [4.69, 9.17) is 32.7 Å². The van der Waals surface area contributed by atoms with Crippen molar-refractivity contribution in [1.29, 1.82) is 0 Å². The molecule has 0 radical (unpaired) electrons. The maximum Gasteiger partial charge on any atom is 0.411 e. The predicted molar refractivity (Wildman–Crippen MR) is 90.7 cm³/mol. The van der Waals surface area contributed by atoms with Crippen molar-refractivity contribution in [2.24, 2.45) is 0 Å². The Morgan fingerprint density at radius 1 is 1.26 bits per heavy atom. The molecule has 0 saturated heterocycles. The van der Waals surface area contributed by atoms with Gasteiger partial charge in [0.2, 0.25) is 0 Å². The molecule has 0 aliphatic heterocycles. The van der Waals surface area contributed by atoms with E-state index in [-0.39, 0.29) is 0 Å². The van der Waals surface area contributed by atoms with Crippen LogP contribution in [0.4, 0.5) is 10.5 Å². The van der Waals surface area contributed by atoms with Gasteiger partial charge in [0, 0.05) is 18.0 Å². The van der Waals surface area contributed by atoms with Crippen LogP contribution in [-0.2, 0) is 4.74 Å². The number of aromatic nitrogens is 1. The van der Waals surface area contributed by atoms with Gasteiger partial charge >= 0.3 is 6.09 Å². The van der Waals surface area contributed by atoms with Crippen LogP contribution >= 0.6 is 23.2 Å². The summed E-state index contributed by atoms with van der Waals surface area (Å²) in [6.45, 7) is 2.41. The van der Waals surface area contributed by atoms with E-state index in [0.717, 1.165) is 12.8 Å². The summed E-state index contributed by atoms with van der Waals surface area (Å²) in [4.78, 5) is 15.5. The minimum atomic E-state index is -0.510. The summed E-state index contributed by atoms with van der Waals surface area (Å²) < 4.78 is 10.6. The van der Waals surface area contributed by atoms with E-state index in [1.807, 2.05) is 6.92 Å². The van der Waals surface area contributed by atoms with Crippen molar-refractivity contribution in [1.82, 2.24) is 4.98 Å². The fourth-order valence-electron chi connectivity index (χ4n) is 1.70. The molecule has 7 heteroatoms. The number of rotatable bonds is 6. The van der Waals surface area contributed by atoms with Gasteiger partial charge in [-0.05, 0) is 30.7 Å². The molecular formula is C16H16Cl2N2O3. The van der Waals surface area contributed by atoms with E-state index in [2.05, 4.69) is 10.3 Å². The van der Waals surface area contributed by atoms with Gasteiger partial charge in [-0.15, -0.1) is 0 Å². The molecule has 0 saturated carbocycles. The summed E-state index contributed by atoms with van der Waals surface area (Å²) in [5.41, 5.74) is 0.525. The molecule has 0 spiro atoms. The SMILES string of the molecule is CCCCOC(=O)Nc1ccc(Oc2ccnc(Cl)c2)c(Cl)c1. The highest BCUT2D eigenvalue weighted by Crippen LogP contribution is 2.32. The van der Waals surface area contributed by atoms with Crippen molar-refractivity contribution in [2.45, 2.75) is 19.8 Å². The molecule has 0 unspecified atom stereocenters. The van der Waals surface area contributed by atoms with Crippen LogP contribution in [0.2, 0.25) is 10.2 Å². The largest absolute Gasteiger partial charge is 0.456 e. The van der Waals surface area contributed by atoms with Gasteiger partial charge in [0.1, 0.15) is 16.7 Å². The molecule has 1 amide bonds. The second-order valence-electron chi connectivity index (χ2n) is 4.68. The van der Waals surface area contributed by atoms with Crippen molar-refractivity contribution < 1.29 is 14.3 Å². The van der Waals surface area contributed by atoms with Gasteiger partial charge < -0.3 is 9.47 Å². The third-order valence-corrected chi connectivity index (χ3v) is 3.34. The Hall–Kier alpha value is -1.98. The molecule has 122 valence electrons. The maximum atomic E-state index is 11.6. The van der Waals surface area contributed by atoms with Gasteiger partial charge in [-0.2, -0.15) is 0 Å². The smallest absolute Gasteiger partial charge is 0.411 e. The van der Waals surface area contributed by atoms with Gasteiger partial charge in [-0.25, -0.2) is 9.78 Å². The molecule has 0 fully saturated rings. The van der Waals surface area contributed by atoms with Gasteiger partial charge in [0.05, 0.1) is 11.6 Å². The number of carbonyl (C=O) groups is 1. The highest BCUT2D eigenvalue weighted by molar-refractivity contribution is 6.32. The van der Waals surface area contributed by atoms with Crippen LogP contribution in [0.1, 0.15) is 19.8 Å². The van der Waals surface area contributed by atoms with Gasteiger partial charge in [-0.1, -0.05) is 36.5 Å². The monoisotopic (exact) mass is 354 g/mol. The average molecular weight is 355 g/mol. The second-order valence-corrected chi connectivity index (χ2v) is 5.47. The summed E-state index contributed by atoms with van der Waals surface area (Å²) in [6.07, 6.45) is 2.82. The lowest BCUT2D eigenvalue weighted by Crippen LogP contribution is -2.14. The Kier molecular flexibility index (Phi) is 6.50. The number of benzene rings is 1. The number of carbonyl (C=O) groups excluding carboxylic acids is 1. The molecular weight excluding hydrogens is 339 g/mol. The summed E-state index contributed by atoms with van der Waals surface area (Å²) in [5, 5.41) is 3.29. The highest BCUT2D eigenvalue weighted by atomic mass is 35.5. The number of pyridine rings is 1. The molecule has 23 heavy (non-hydrogen) atoms. The Morgan fingerprint density at radius 2 is 2.09 bits per heavy atom. The summed E-state index contributed by atoms with van der Waals surface area (Å²) in [6, 6.07) is 8.15. The number of nitrogens with zero attached hydrogens (tertiary/aromatic N) is 1. The van der Waals surface area contributed by atoms with Crippen LogP contribution < -0.4 is 10.1 Å². The lowest BCUT2D eigenvalue weighted by molar-refractivity contribution is 0.160. The Morgan fingerprint density at radius 3 is 2.78 bits per heavy atom. The first kappa shape index (κ1) is 17.4. The van der Waals surface area contributed by atoms with Crippen LogP contribution in [0, 0.1) is 0 Å². The predicted octanol–water partition coefficient (Wildman–Crippen LogP) is 5.53. The number of ether oxygens (including phenoxy) is 2. The molecule has 1 aromatic carbocycles. The molecule has 2 rings (SSSR count). The van der Waals surface area contributed by atoms with Gasteiger partial charge in [-0.3, -0.25) is 5.32 Å². The fraction of sp³-hybridized carbons (Fsp3) is 0.250. The minimum absolute atomic E-state index is 0.326. The normalized spacial score (nSPS) is 10.2. The molecule has 0 aliphatic rings. The Labute approximate surface area is 144 Å². The van der Waals surface area contributed by atoms with E-state index in [1.54, 1.807) is 30.3 Å². The van der Waals surface area contributed by atoms with Crippen molar-refractivity contribution >= 4 is 35.0 Å². The molecule has 1 heterocycles.